The molecule has 1 aliphatic carbocycles. The normalized spacial score (nSPS) is 24.0. The van der Waals surface area contributed by atoms with Crippen LogP contribution in [0.4, 0.5) is 10.1 Å². The van der Waals surface area contributed by atoms with Gasteiger partial charge in [-0.05, 0) is 54.7 Å². The van der Waals surface area contributed by atoms with Crippen molar-refractivity contribution in [2.45, 2.75) is 33.7 Å². The molecule has 1 aliphatic heterocycles. The van der Waals surface area contributed by atoms with Gasteiger partial charge in [-0.2, -0.15) is 5.26 Å². The second kappa shape index (κ2) is 6.42. The summed E-state index contributed by atoms with van der Waals surface area (Å²) < 4.78 is 16.7. The first-order valence-electron chi connectivity index (χ1n) is 9.43. The van der Waals surface area contributed by atoms with Crippen molar-refractivity contribution in [3.05, 3.63) is 47.3 Å². The first-order chi connectivity index (χ1) is 12.5. The van der Waals surface area contributed by atoms with Crippen LogP contribution in [0.25, 0.3) is 0 Å². The van der Waals surface area contributed by atoms with Gasteiger partial charge in [0.1, 0.15) is 23.3 Å². The Morgan fingerprint density at radius 3 is 2.62 bits per heavy atom. The summed E-state index contributed by atoms with van der Waals surface area (Å²) in [4.78, 5) is 6.51. The molecule has 0 radical (unpaired) electrons. The van der Waals surface area contributed by atoms with Gasteiger partial charge in [-0.25, -0.2) is 9.37 Å². The maximum Gasteiger partial charge on any atom is 0.143 e. The average Bonchev–Trinajstić information content (AvgIpc) is 2.92. The zero-order valence-electron chi connectivity index (χ0n) is 15.6. The number of halogens is 1. The van der Waals surface area contributed by atoms with E-state index in [1.54, 1.807) is 0 Å². The molecule has 4 rings (SSSR count). The lowest BCUT2D eigenvalue weighted by Crippen LogP contribution is -2.26. The van der Waals surface area contributed by atoms with Gasteiger partial charge in [0.05, 0.1) is 5.69 Å². The van der Waals surface area contributed by atoms with Crippen molar-refractivity contribution in [1.82, 2.24) is 9.55 Å². The van der Waals surface area contributed by atoms with Gasteiger partial charge < -0.3 is 9.47 Å². The number of hydrogen-bond donors (Lipinski definition) is 0. The molecule has 26 heavy (non-hydrogen) atoms. The van der Waals surface area contributed by atoms with Gasteiger partial charge >= 0.3 is 0 Å². The number of piperidine rings is 1. The molecule has 4 nitrogen and oxygen atoms in total. The molecule has 1 aromatic heterocycles. The number of fused-ring (bicyclic) bond motifs is 1. The van der Waals surface area contributed by atoms with Crippen LogP contribution in [0.3, 0.4) is 0 Å². The van der Waals surface area contributed by atoms with Crippen molar-refractivity contribution >= 4 is 5.69 Å². The van der Waals surface area contributed by atoms with Crippen LogP contribution in [0.15, 0.2) is 24.5 Å². The first-order valence-corrected chi connectivity index (χ1v) is 9.43. The maximum absolute atomic E-state index is 14.4. The molecular formula is C21H25FN4. The van der Waals surface area contributed by atoms with Crippen molar-refractivity contribution in [2.24, 2.45) is 23.7 Å². The van der Waals surface area contributed by atoms with E-state index in [9.17, 15) is 9.65 Å². The highest BCUT2D eigenvalue weighted by Crippen LogP contribution is 2.53. The molecule has 2 fully saturated rings. The van der Waals surface area contributed by atoms with E-state index in [2.05, 4.69) is 34.4 Å². The van der Waals surface area contributed by atoms with Gasteiger partial charge in [0.2, 0.25) is 0 Å². The molecule has 2 atom stereocenters. The lowest BCUT2D eigenvalue weighted by atomic mass is 9.99. The van der Waals surface area contributed by atoms with Crippen LogP contribution in [-0.4, -0.2) is 22.6 Å². The van der Waals surface area contributed by atoms with E-state index in [0.717, 1.165) is 43.1 Å². The highest BCUT2D eigenvalue weighted by molar-refractivity contribution is 5.62. The second-order valence-electron chi connectivity index (χ2n) is 8.20. The third-order valence-corrected chi connectivity index (χ3v) is 5.93. The lowest BCUT2D eigenvalue weighted by Gasteiger charge is -2.24. The van der Waals surface area contributed by atoms with Gasteiger partial charge in [0, 0.05) is 32.0 Å². The number of hydrogen-bond acceptors (Lipinski definition) is 3. The number of benzene rings is 1. The number of nitriles is 1. The largest absolute Gasteiger partial charge is 0.370 e. The molecule has 5 heteroatoms. The Bertz CT molecular complexity index is 851. The molecule has 2 aliphatic rings. The maximum atomic E-state index is 14.4. The average molecular weight is 352 g/mol. The molecule has 1 saturated carbocycles. The minimum Gasteiger partial charge on any atom is -0.370 e. The van der Waals surface area contributed by atoms with E-state index in [0.29, 0.717) is 23.7 Å². The Morgan fingerprint density at radius 2 is 2.04 bits per heavy atom. The molecule has 1 aromatic carbocycles. The van der Waals surface area contributed by atoms with Gasteiger partial charge in [-0.15, -0.1) is 0 Å². The summed E-state index contributed by atoms with van der Waals surface area (Å²) in [6.45, 7) is 9.15. The van der Waals surface area contributed by atoms with E-state index < -0.39 is 0 Å². The van der Waals surface area contributed by atoms with Crippen molar-refractivity contribution in [2.75, 3.05) is 18.0 Å². The molecule has 0 N–H and O–H groups in total. The van der Waals surface area contributed by atoms with Gasteiger partial charge in [-0.3, -0.25) is 0 Å². The molecule has 2 aromatic rings. The monoisotopic (exact) mass is 352 g/mol. The number of aromatic nitrogens is 2. The second-order valence-corrected chi connectivity index (χ2v) is 8.20. The van der Waals surface area contributed by atoms with Crippen LogP contribution < -0.4 is 4.90 Å². The summed E-state index contributed by atoms with van der Waals surface area (Å²) in [5.74, 6) is 3.09. The van der Waals surface area contributed by atoms with E-state index in [4.69, 9.17) is 0 Å². The summed E-state index contributed by atoms with van der Waals surface area (Å²) in [7, 11) is 0. The van der Waals surface area contributed by atoms with Crippen LogP contribution >= 0.6 is 0 Å². The molecule has 136 valence electrons. The van der Waals surface area contributed by atoms with Crippen LogP contribution in [0.2, 0.25) is 0 Å². The fourth-order valence-electron chi connectivity index (χ4n) is 4.54. The SMILES string of the molecule is Cc1nccn1CC1C2CN(c3cc(CC(C)C)cc(F)c3C#N)CC21. The van der Waals surface area contributed by atoms with Crippen LogP contribution in [0.5, 0.6) is 0 Å². The minimum absolute atomic E-state index is 0.195. The molecule has 2 unspecified atom stereocenters. The standard InChI is InChI=1S/C21H25FN4/c1-13(2)6-15-7-20(22)16(9-23)21(8-15)26-11-18-17(19(18)12-26)10-25-5-4-24-14(25)3/h4-5,7-8,13,17-19H,6,10-12H2,1-3H3. The highest BCUT2D eigenvalue weighted by atomic mass is 19.1. The van der Waals surface area contributed by atoms with Crippen molar-refractivity contribution in [3.63, 3.8) is 0 Å². The number of nitrogens with zero attached hydrogens (tertiary/aromatic N) is 4. The Kier molecular flexibility index (Phi) is 4.22. The Hall–Kier alpha value is -2.35. The number of aryl methyl sites for hydroxylation is 1. The smallest absolute Gasteiger partial charge is 0.143 e. The van der Waals surface area contributed by atoms with E-state index in [1.807, 2.05) is 25.4 Å². The van der Waals surface area contributed by atoms with Gasteiger partial charge in [0.15, 0.2) is 0 Å². The summed E-state index contributed by atoms with van der Waals surface area (Å²) in [6, 6.07) is 5.64. The Balaban J connectivity index is 1.49. The minimum atomic E-state index is -0.383. The van der Waals surface area contributed by atoms with Crippen molar-refractivity contribution in [1.29, 1.82) is 5.26 Å². The highest BCUT2D eigenvalue weighted by Gasteiger charge is 2.55. The number of imidazole rings is 1. The fraction of sp³-hybridized carbons (Fsp3) is 0.524. The van der Waals surface area contributed by atoms with E-state index >= 15 is 0 Å². The van der Waals surface area contributed by atoms with Gasteiger partial charge in [-0.1, -0.05) is 13.8 Å². The summed E-state index contributed by atoms with van der Waals surface area (Å²) in [5, 5.41) is 9.44. The lowest BCUT2D eigenvalue weighted by molar-refractivity contribution is 0.528. The molecular weight excluding hydrogens is 327 g/mol. The summed E-state index contributed by atoms with van der Waals surface area (Å²) in [6.07, 6.45) is 4.72. The number of anilines is 1. The van der Waals surface area contributed by atoms with Crippen LogP contribution in [-0.2, 0) is 13.0 Å². The third kappa shape index (κ3) is 2.98. The Labute approximate surface area is 154 Å². The van der Waals surface area contributed by atoms with E-state index in [-0.39, 0.29) is 11.4 Å². The van der Waals surface area contributed by atoms with Crippen molar-refractivity contribution < 1.29 is 4.39 Å². The zero-order chi connectivity index (χ0) is 18.4. The van der Waals surface area contributed by atoms with E-state index in [1.165, 1.54) is 6.07 Å². The molecule has 0 spiro atoms. The number of rotatable bonds is 5. The summed E-state index contributed by atoms with van der Waals surface area (Å²) in [5.41, 5.74) is 1.96. The first kappa shape index (κ1) is 17.1. The topological polar surface area (TPSA) is 44.9 Å². The predicted octanol–water partition coefficient (Wildman–Crippen LogP) is 3.78. The Morgan fingerprint density at radius 1 is 1.31 bits per heavy atom. The summed E-state index contributed by atoms with van der Waals surface area (Å²) >= 11 is 0. The van der Waals surface area contributed by atoms with Crippen LogP contribution in [0.1, 0.15) is 30.8 Å². The van der Waals surface area contributed by atoms with Crippen molar-refractivity contribution in [3.8, 4) is 6.07 Å². The zero-order valence-corrected chi connectivity index (χ0v) is 15.6. The van der Waals surface area contributed by atoms with Crippen LogP contribution in [0, 0.1) is 47.7 Å². The molecule has 0 amide bonds. The van der Waals surface area contributed by atoms with Gasteiger partial charge in [0.25, 0.3) is 0 Å². The fourth-order valence-corrected chi connectivity index (χ4v) is 4.54. The third-order valence-electron chi connectivity index (χ3n) is 5.93. The molecule has 1 saturated heterocycles. The molecule has 2 heterocycles. The predicted molar refractivity (Wildman–Crippen MR) is 99.3 cm³/mol. The molecule has 0 bridgehead atoms. The quantitative estimate of drug-likeness (QED) is 0.822.